The van der Waals surface area contributed by atoms with E-state index in [1.165, 1.54) is 30.4 Å². The van der Waals surface area contributed by atoms with Crippen molar-refractivity contribution in [1.82, 2.24) is 0 Å². The lowest BCUT2D eigenvalue weighted by Gasteiger charge is -2.22. The Morgan fingerprint density at radius 3 is 2.55 bits per heavy atom. The number of nitrogens with two attached hydrogens (primary N) is 1. The van der Waals surface area contributed by atoms with E-state index in [0.29, 0.717) is 0 Å². The molecule has 2 N–H and O–H groups in total. The molecule has 1 aliphatic rings. The summed E-state index contributed by atoms with van der Waals surface area (Å²) in [6.45, 7) is 2.03. The number of hydrogen-bond acceptors (Lipinski definition) is 2. The molecule has 1 aliphatic carbocycles. The molecule has 0 amide bonds. The maximum atomic E-state index is 6.27. The molecule has 0 saturated heterocycles. The summed E-state index contributed by atoms with van der Waals surface area (Å²) in [6.07, 6.45) is 3.59. The van der Waals surface area contributed by atoms with Gasteiger partial charge in [0, 0.05) is 0 Å². The minimum absolute atomic E-state index is 0.0446. The normalized spacial score (nSPS) is 16.5. The summed E-state index contributed by atoms with van der Waals surface area (Å²) in [5.41, 5.74) is 10.3. The SMILES string of the molecule is CC(Oc1ccc2c(c1)CCC2)C(N)c1ccccc1. The van der Waals surface area contributed by atoms with Gasteiger partial charge in [0.1, 0.15) is 11.9 Å². The van der Waals surface area contributed by atoms with Gasteiger partial charge < -0.3 is 10.5 Å². The molecule has 0 radical (unpaired) electrons. The second-order valence-electron chi connectivity index (χ2n) is 5.54. The lowest BCUT2D eigenvalue weighted by atomic mass is 10.0. The van der Waals surface area contributed by atoms with Gasteiger partial charge in [0.05, 0.1) is 6.04 Å². The molecule has 2 atom stereocenters. The van der Waals surface area contributed by atoms with E-state index in [-0.39, 0.29) is 12.1 Å². The first-order valence-corrected chi connectivity index (χ1v) is 7.33. The molecule has 0 saturated carbocycles. The Morgan fingerprint density at radius 1 is 1.00 bits per heavy atom. The van der Waals surface area contributed by atoms with Crippen molar-refractivity contribution in [2.45, 2.75) is 38.3 Å². The van der Waals surface area contributed by atoms with Crippen LogP contribution in [0.1, 0.15) is 36.1 Å². The largest absolute Gasteiger partial charge is 0.489 e. The number of rotatable bonds is 4. The Morgan fingerprint density at radius 2 is 1.75 bits per heavy atom. The molecule has 0 heterocycles. The molecule has 104 valence electrons. The van der Waals surface area contributed by atoms with E-state index in [9.17, 15) is 0 Å². The predicted octanol–water partition coefficient (Wildman–Crippen LogP) is 3.64. The van der Waals surface area contributed by atoms with Gasteiger partial charge in [-0.15, -0.1) is 0 Å². The van der Waals surface area contributed by atoms with Crippen molar-refractivity contribution in [2.24, 2.45) is 5.73 Å². The van der Waals surface area contributed by atoms with Crippen molar-refractivity contribution in [3.63, 3.8) is 0 Å². The van der Waals surface area contributed by atoms with Crippen molar-refractivity contribution in [2.75, 3.05) is 0 Å². The molecule has 2 heteroatoms. The molecule has 2 aromatic rings. The van der Waals surface area contributed by atoms with Crippen LogP contribution in [0.25, 0.3) is 0 Å². The van der Waals surface area contributed by atoms with Gasteiger partial charge in [-0.2, -0.15) is 0 Å². The molecule has 2 aromatic carbocycles. The zero-order valence-corrected chi connectivity index (χ0v) is 11.9. The number of hydrogen-bond donors (Lipinski definition) is 1. The average Bonchev–Trinajstić information content (AvgIpc) is 2.95. The Labute approximate surface area is 120 Å². The Bertz CT molecular complexity index is 579. The van der Waals surface area contributed by atoms with Gasteiger partial charge in [-0.1, -0.05) is 36.4 Å². The quantitative estimate of drug-likeness (QED) is 0.918. The van der Waals surface area contributed by atoms with Gasteiger partial charge >= 0.3 is 0 Å². The van der Waals surface area contributed by atoms with Crippen LogP contribution in [-0.2, 0) is 12.8 Å². The van der Waals surface area contributed by atoms with Crippen LogP contribution in [0.3, 0.4) is 0 Å². The lowest BCUT2D eigenvalue weighted by Crippen LogP contribution is -2.28. The monoisotopic (exact) mass is 267 g/mol. The topological polar surface area (TPSA) is 35.2 Å². The summed E-state index contributed by atoms with van der Waals surface area (Å²) in [4.78, 5) is 0. The minimum atomic E-state index is -0.107. The number of aryl methyl sites for hydroxylation is 2. The summed E-state index contributed by atoms with van der Waals surface area (Å²) in [7, 11) is 0. The number of benzene rings is 2. The van der Waals surface area contributed by atoms with Crippen LogP contribution in [0.4, 0.5) is 0 Å². The van der Waals surface area contributed by atoms with Crippen molar-refractivity contribution in [3.8, 4) is 5.75 Å². The summed E-state index contributed by atoms with van der Waals surface area (Å²) < 4.78 is 6.03. The highest BCUT2D eigenvalue weighted by atomic mass is 16.5. The van der Waals surface area contributed by atoms with Gasteiger partial charge in [-0.05, 0) is 55.0 Å². The number of fused-ring (bicyclic) bond motifs is 1. The maximum Gasteiger partial charge on any atom is 0.120 e. The summed E-state index contributed by atoms with van der Waals surface area (Å²) in [6, 6.07) is 16.5. The fraction of sp³-hybridized carbons (Fsp3) is 0.333. The van der Waals surface area contributed by atoms with E-state index in [1.54, 1.807) is 0 Å². The molecular weight excluding hydrogens is 246 g/mol. The molecule has 20 heavy (non-hydrogen) atoms. The molecule has 0 aliphatic heterocycles. The van der Waals surface area contributed by atoms with Crippen LogP contribution < -0.4 is 10.5 Å². The third-order valence-corrected chi connectivity index (χ3v) is 4.08. The predicted molar refractivity (Wildman–Crippen MR) is 81.9 cm³/mol. The summed E-state index contributed by atoms with van der Waals surface area (Å²) in [5.74, 6) is 0.935. The van der Waals surface area contributed by atoms with Crippen LogP contribution in [0.5, 0.6) is 5.75 Å². The van der Waals surface area contributed by atoms with Crippen molar-refractivity contribution < 1.29 is 4.74 Å². The summed E-state index contributed by atoms with van der Waals surface area (Å²) >= 11 is 0. The van der Waals surface area contributed by atoms with Gasteiger partial charge in [-0.3, -0.25) is 0 Å². The molecule has 2 unspecified atom stereocenters. The van der Waals surface area contributed by atoms with Crippen molar-refractivity contribution in [3.05, 3.63) is 65.2 Å². The van der Waals surface area contributed by atoms with Gasteiger partial charge in [0.2, 0.25) is 0 Å². The van der Waals surface area contributed by atoms with E-state index in [2.05, 4.69) is 18.2 Å². The van der Waals surface area contributed by atoms with Gasteiger partial charge in [0.25, 0.3) is 0 Å². The van der Waals surface area contributed by atoms with E-state index in [0.717, 1.165) is 11.3 Å². The van der Waals surface area contributed by atoms with Gasteiger partial charge in [-0.25, -0.2) is 0 Å². The highest BCUT2D eigenvalue weighted by molar-refractivity contribution is 5.38. The zero-order chi connectivity index (χ0) is 13.9. The first kappa shape index (κ1) is 13.2. The smallest absolute Gasteiger partial charge is 0.120 e. The molecule has 0 bridgehead atoms. The van der Waals surface area contributed by atoms with Crippen LogP contribution in [0, 0.1) is 0 Å². The van der Waals surface area contributed by atoms with Crippen LogP contribution in [-0.4, -0.2) is 6.10 Å². The Balaban J connectivity index is 1.71. The fourth-order valence-corrected chi connectivity index (χ4v) is 2.86. The second-order valence-corrected chi connectivity index (χ2v) is 5.54. The molecule has 0 spiro atoms. The van der Waals surface area contributed by atoms with E-state index >= 15 is 0 Å². The third-order valence-electron chi connectivity index (χ3n) is 4.08. The Hall–Kier alpha value is -1.80. The molecule has 2 nitrogen and oxygen atoms in total. The zero-order valence-electron chi connectivity index (χ0n) is 11.9. The fourth-order valence-electron chi connectivity index (χ4n) is 2.86. The van der Waals surface area contributed by atoms with E-state index < -0.39 is 0 Å². The maximum absolute atomic E-state index is 6.27. The second kappa shape index (κ2) is 5.68. The van der Waals surface area contributed by atoms with E-state index in [1.807, 2.05) is 37.3 Å². The lowest BCUT2D eigenvalue weighted by molar-refractivity contribution is 0.190. The van der Waals surface area contributed by atoms with Crippen molar-refractivity contribution >= 4 is 0 Å². The van der Waals surface area contributed by atoms with E-state index in [4.69, 9.17) is 10.5 Å². The first-order valence-electron chi connectivity index (χ1n) is 7.33. The third kappa shape index (κ3) is 2.70. The Kier molecular flexibility index (Phi) is 3.75. The van der Waals surface area contributed by atoms with Crippen LogP contribution in [0.15, 0.2) is 48.5 Å². The number of ether oxygens (including phenoxy) is 1. The van der Waals surface area contributed by atoms with Crippen LogP contribution >= 0.6 is 0 Å². The molecular formula is C18H21NO. The van der Waals surface area contributed by atoms with Crippen LogP contribution in [0.2, 0.25) is 0 Å². The molecule has 0 fully saturated rings. The highest BCUT2D eigenvalue weighted by Crippen LogP contribution is 2.27. The minimum Gasteiger partial charge on any atom is -0.489 e. The highest BCUT2D eigenvalue weighted by Gasteiger charge is 2.17. The average molecular weight is 267 g/mol. The van der Waals surface area contributed by atoms with Crippen molar-refractivity contribution in [1.29, 1.82) is 0 Å². The standard InChI is InChI=1S/C18H21NO/c1-13(18(19)15-6-3-2-4-7-15)20-17-11-10-14-8-5-9-16(14)12-17/h2-4,6-7,10-13,18H,5,8-9,19H2,1H3. The first-order chi connectivity index (χ1) is 9.74. The molecule has 3 rings (SSSR count). The van der Waals surface area contributed by atoms with Gasteiger partial charge in [0.15, 0.2) is 0 Å². The summed E-state index contributed by atoms with van der Waals surface area (Å²) in [5, 5.41) is 0. The molecule has 0 aromatic heterocycles.